The van der Waals surface area contributed by atoms with Gasteiger partial charge in [0.05, 0.1) is 16.6 Å². The number of halogens is 1. The molecule has 0 amide bonds. The fourth-order valence-electron chi connectivity index (χ4n) is 3.04. The standard InChI is InChI=1S/C21H17FN2/c22-18-11-5-4-10-17(18)21-23-19-12-6-7-13-20(19)24(21)15-14-16-8-2-1-3-9-16/h1-13H,14-15H2. The van der Waals surface area contributed by atoms with E-state index in [2.05, 4.69) is 21.7 Å². The lowest BCUT2D eigenvalue weighted by Crippen LogP contribution is -2.04. The molecule has 24 heavy (non-hydrogen) atoms. The Bertz CT molecular complexity index is 973. The largest absolute Gasteiger partial charge is 0.324 e. The normalized spacial score (nSPS) is 11.0. The highest BCUT2D eigenvalue weighted by Gasteiger charge is 2.15. The topological polar surface area (TPSA) is 17.8 Å². The second-order valence-corrected chi connectivity index (χ2v) is 5.79. The minimum atomic E-state index is -0.242. The van der Waals surface area contributed by atoms with Gasteiger partial charge in [-0.15, -0.1) is 0 Å². The number of rotatable bonds is 4. The molecule has 0 radical (unpaired) electrons. The Labute approximate surface area is 140 Å². The van der Waals surface area contributed by atoms with Crippen molar-refractivity contribution in [3.8, 4) is 11.4 Å². The molecular formula is C21H17FN2. The van der Waals surface area contributed by atoms with Crippen molar-refractivity contribution < 1.29 is 4.39 Å². The Balaban J connectivity index is 1.80. The summed E-state index contributed by atoms with van der Waals surface area (Å²) in [6, 6.07) is 25.1. The zero-order valence-electron chi connectivity index (χ0n) is 13.2. The van der Waals surface area contributed by atoms with Crippen molar-refractivity contribution in [2.75, 3.05) is 0 Å². The number of nitrogens with zero attached hydrogens (tertiary/aromatic N) is 2. The fraction of sp³-hybridized carbons (Fsp3) is 0.0952. The molecule has 3 heteroatoms. The average molecular weight is 316 g/mol. The first kappa shape index (κ1) is 14.6. The molecule has 0 N–H and O–H groups in total. The lowest BCUT2D eigenvalue weighted by molar-refractivity contribution is 0.626. The molecule has 0 aliphatic rings. The van der Waals surface area contributed by atoms with Crippen LogP contribution in [0.15, 0.2) is 78.9 Å². The van der Waals surface area contributed by atoms with E-state index >= 15 is 0 Å². The van der Waals surface area contributed by atoms with Gasteiger partial charge in [-0.3, -0.25) is 0 Å². The van der Waals surface area contributed by atoms with Crippen LogP contribution in [-0.2, 0) is 13.0 Å². The summed E-state index contributed by atoms with van der Waals surface area (Å²) >= 11 is 0. The Hall–Kier alpha value is -2.94. The summed E-state index contributed by atoms with van der Waals surface area (Å²) in [5.74, 6) is 0.444. The van der Waals surface area contributed by atoms with Crippen LogP contribution in [0.5, 0.6) is 0 Å². The van der Waals surface area contributed by atoms with Crippen LogP contribution in [0, 0.1) is 5.82 Å². The third kappa shape index (κ3) is 2.69. The monoisotopic (exact) mass is 316 g/mol. The van der Waals surface area contributed by atoms with Crippen molar-refractivity contribution in [2.45, 2.75) is 13.0 Å². The number of hydrogen-bond acceptors (Lipinski definition) is 1. The van der Waals surface area contributed by atoms with E-state index in [1.165, 1.54) is 11.6 Å². The molecule has 1 aromatic heterocycles. The van der Waals surface area contributed by atoms with Crippen LogP contribution < -0.4 is 0 Å². The van der Waals surface area contributed by atoms with Crippen molar-refractivity contribution >= 4 is 11.0 Å². The second-order valence-electron chi connectivity index (χ2n) is 5.79. The zero-order valence-corrected chi connectivity index (χ0v) is 13.2. The fourth-order valence-corrected chi connectivity index (χ4v) is 3.04. The number of para-hydroxylation sites is 2. The van der Waals surface area contributed by atoms with E-state index in [4.69, 9.17) is 0 Å². The van der Waals surface area contributed by atoms with E-state index in [1.54, 1.807) is 12.1 Å². The van der Waals surface area contributed by atoms with Crippen LogP contribution in [0.4, 0.5) is 4.39 Å². The Morgan fingerprint density at radius 2 is 1.50 bits per heavy atom. The highest BCUT2D eigenvalue weighted by Crippen LogP contribution is 2.27. The van der Waals surface area contributed by atoms with E-state index in [-0.39, 0.29) is 5.82 Å². The van der Waals surface area contributed by atoms with Crippen molar-refractivity contribution in [2.24, 2.45) is 0 Å². The quantitative estimate of drug-likeness (QED) is 0.513. The summed E-state index contributed by atoms with van der Waals surface area (Å²) in [5, 5.41) is 0. The summed E-state index contributed by atoms with van der Waals surface area (Å²) in [7, 11) is 0. The number of aryl methyl sites for hydroxylation is 2. The molecule has 0 atom stereocenters. The summed E-state index contributed by atoms with van der Waals surface area (Å²) < 4.78 is 16.4. The number of aromatic nitrogens is 2. The van der Waals surface area contributed by atoms with Crippen LogP contribution in [0.1, 0.15) is 5.56 Å². The SMILES string of the molecule is Fc1ccccc1-c1nc2ccccc2n1CCc1ccccc1. The first-order valence-electron chi connectivity index (χ1n) is 8.07. The third-order valence-corrected chi connectivity index (χ3v) is 4.24. The highest BCUT2D eigenvalue weighted by atomic mass is 19.1. The van der Waals surface area contributed by atoms with Crippen LogP contribution >= 0.6 is 0 Å². The summed E-state index contributed by atoms with van der Waals surface area (Å²) in [6.07, 6.45) is 0.878. The third-order valence-electron chi connectivity index (χ3n) is 4.24. The van der Waals surface area contributed by atoms with Gasteiger partial charge < -0.3 is 4.57 Å². The molecule has 0 aliphatic heterocycles. The molecule has 3 aromatic carbocycles. The van der Waals surface area contributed by atoms with Gasteiger partial charge in [-0.2, -0.15) is 0 Å². The highest BCUT2D eigenvalue weighted by molar-refractivity contribution is 5.80. The number of imidazole rings is 1. The molecule has 118 valence electrons. The summed E-state index contributed by atoms with van der Waals surface area (Å²) in [4.78, 5) is 4.68. The molecule has 1 heterocycles. The van der Waals surface area contributed by atoms with Crippen LogP contribution in [0.3, 0.4) is 0 Å². The Kier molecular flexibility index (Phi) is 3.83. The molecule has 0 bridgehead atoms. The maximum absolute atomic E-state index is 14.3. The van der Waals surface area contributed by atoms with E-state index in [0.29, 0.717) is 11.4 Å². The van der Waals surface area contributed by atoms with Gasteiger partial charge in [-0.05, 0) is 36.2 Å². The van der Waals surface area contributed by atoms with Crippen molar-refractivity contribution in [1.82, 2.24) is 9.55 Å². The van der Waals surface area contributed by atoms with Gasteiger partial charge in [0, 0.05) is 6.54 Å². The van der Waals surface area contributed by atoms with E-state index in [1.807, 2.05) is 48.5 Å². The van der Waals surface area contributed by atoms with Crippen molar-refractivity contribution in [3.05, 3.63) is 90.2 Å². The molecule has 4 rings (SSSR count). The molecule has 4 aromatic rings. The molecule has 0 unspecified atom stereocenters. The summed E-state index contributed by atoms with van der Waals surface area (Å²) in [5.41, 5.74) is 3.73. The smallest absolute Gasteiger partial charge is 0.144 e. The van der Waals surface area contributed by atoms with Gasteiger partial charge in [0.2, 0.25) is 0 Å². The molecule has 2 nitrogen and oxygen atoms in total. The molecule has 0 saturated heterocycles. The van der Waals surface area contributed by atoms with Crippen molar-refractivity contribution in [3.63, 3.8) is 0 Å². The first-order valence-corrected chi connectivity index (χ1v) is 8.07. The number of fused-ring (bicyclic) bond motifs is 1. The van der Waals surface area contributed by atoms with Crippen molar-refractivity contribution in [1.29, 1.82) is 0 Å². The van der Waals surface area contributed by atoms with Gasteiger partial charge >= 0.3 is 0 Å². The van der Waals surface area contributed by atoms with E-state index < -0.39 is 0 Å². The molecule has 0 saturated carbocycles. The maximum atomic E-state index is 14.3. The second kappa shape index (κ2) is 6.28. The van der Waals surface area contributed by atoms with E-state index in [9.17, 15) is 4.39 Å². The molecule has 0 spiro atoms. The van der Waals surface area contributed by atoms with Gasteiger partial charge in [0.15, 0.2) is 0 Å². The zero-order chi connectivity index (χ0) is 16.4. The number of hydrogen-bond donors (Lipinski definition) is 0. The first-order chi connectivity index (χ1) is 11.8. The number of benzene rings is 3. The minimum Gasteiger partial charge on any atom is -0.324 e. The Morgan fingerprint density at radius 3 is 2.33 bits per heavy atom. The maximum Gasteiger partial charge on any atom is 0.144 e. The van der Waals surface area contributed by atoms with Crippen LogP contribution in [-0.4, -0.2) is 9.55 Å². The minimum absolute atomic E-state index is 0.242. The Morgan fingerprint density at radius 1 is 0.792 bits per heavy atom. The predicted octanol–water partition coefficient (Wildman–Crippen LogP) is 5.09. The predicted molar refractivity (Wildman–Crippen MR) is 95.3 cm³/mol. The lowest BCUT2D eigenvalue weighted by Gasteiger charge is -2.10. The van der Waals surface area contributed by atoms with Gasteiger partial charge in [-0.25, -0.2) is 9.37 Å². The average Bonchev–Trinajstić information content (AvgIpc) is 2.99. The van der Waals surface area contributed by atoms with Gasteiger partial charge in [0.25, 0.3) is 0 Å². The molecule has 0 fully saturated rings. The van der Waals surface area contributed by atoms with E-state index in [0.717, 1.165) is 24.0 Å². The van der Waals surface area contributed by atoms with Gasteiger partial charge in [-0.1, -0.05) is 54.6 Å². The van der Waals surface area contributed by atoms with Gasteiger partial charge in [0.1, 0.15) is 11.6 Å². The van der Waals surface area contributed by atoms with Crippen LogP contribution in [0.25, 0.3) is 22.4 Å². The molecule has 0 aliphatic carbocycles. The molecular weight excluding hydrogens is 299 g/mol. The summed E-state index contributed by atoms with van der Waals surface area (Å²) in [6.45, 7) is 0.758. The van der Waals surface area contributed by atoms with Crippen LogP contribution in [0.2, 0.25) is 0 Å². The lowest BCUT2D eigenvalue weighted by atomic mass is 10.1.